The molecule has 0 unspecified atom stereocenters. The van der Waals surface area contributed by atoms with Gasteiger partial charge in [0.2, 0.25) is 0 Å². The molecule has 18 heavy (non-hydrogen) atoms. The molecule has 6 nitrogen and oxygen atoms in total. The molecule has 0 saturated heterocycles. The van der Waals surface area contributed by atoms with Crippen molar-refractivity contribution in [3.8, 4) is 0 Å². The quantitative estimate of drug-likeness (QED) is 0.864. The van der Waals surface area contributed by atoms with Crippen LogP contribution in [-0.2, 0) is 9.53 Å². The fraction of sp³-hybridized carbons (Fsp3) is 0.500. The Balaban J connectivity index is 2.68. The molecule has 0 aliphatic carbocycles. The Morgan fingerprint density at radius 3 is 2.61 bits per heavy atom. The maximum Gasteiger partial charge on any atom is 0.408 e. The van der Waals surface area contributed by atoms with Crippen LogP contribution in [0, 0.1) is 0 Å². The molecule has 1 aromatic rings. The number of carbonyl (C=O) groups excluding carboxylic acids is 2. The summed E-state index contributed by atoms with van der Waals surface area (Å²) in [5, 5.41) is 13.1. The average molecular weight is 254 g/mol. The standard InChI is InChI=1S/C12H17NO5/c1-12(2,3)18-11(16)13-9(6-10(14)15)8-4-5-17-7-8/h4-5,7,9H,6H2,1-3H3,(H,13,16)(H,14,15)/p-1/t9-/m0/s1. The highest BCUT2D eigenvalue weighted by Crippen LogP contribution is 2.18. The number of carboxylic acid groups (broad SMARTS) is 1. The number of alkyl carbamates (subject to hydrolysis) is 1. The van der Waals surface area contributed by atoms with Gasteiger partial charge in [-0.15, -0.1) is 0 Å². The van der Waals surface area contributed by atoms with E-state index >= 15 is 0 Å². The van der Waals surface area contributed by atoms with Crippen LogP contribution in [0.1, 0.15) is 38.8 Å². The van der Waals surface area contributed by atoms with Gasteiger partial charge in [0.15, 0.2) is 0 Å². The van der Waals surface area contributed by atoms with Crippen molar-refractivity contribution in [2.45, 2.75) is 38.8 Å². The molecule has 1 rings (SSSR count). The van der Waals surface area contributed by atoms with Crippen molar-refractivity contribution in [3.63, 3.8) is 0 Å². The van der Waals surface area contributed by atoms with Crippen molar-refractivity contribution in [3.05, 3.63) is 24.2 Å². The van der Waals surface area contributed by atoms with Gasteiger partial charge in [0.1, 0.15) is 5.60 Å². The molecule has 0 fully saturated rings. The van der Waals surface area contributed by atoms with Crippen LogP contribution >= 0.6 is 0 Å². The van der Waals surface area contributed by atoms with Crippen molar-refractivity contribution in [1.29, 1.82) is 0 Å². The molecule has 0 aliphatic rings. The molecule has 1 atom stereocenters. The van der Waals surface area contributed by atoms with Gasteiger partial charge in [-0.05, 0) is 26.8 Å². The molecule has 0 spiro atoms. The number of hydrogen-bond acceptors (Lipinski definition) is 5. The first kappa shape index (κ1) is 14.1. The lowest BCUT2D eigenvalue weighted by Gasteiger charge is -2.23. The van der Waals surface area contributed by atoms with Gasteiger partial charge in [-0.25, -0.2) is 4.79 Å². The summed E-state index contributed by atoms with van der Waals surface area (Å²) in [4.78, 5) is 22.2. The lowest BCUT2D eigenvalue weighted by atomic mass is 10.1. The van der Waals surface area contributed by atoms with Crippen molar-refractivity contribution in [2.75, 3.05) is 0 Å². The summed E-state index contributed by atoms with van der Waals surface area (Å²) in [7, 11) is 0. The van der Waals surface area contributed by atoms with Crippen molar-refractivity contribution in [1.82, 2.24) is 5.32 Å². The Labute approximate surface area is 105 Å². The molecule has 1 aromatic heterocycles. The third-order valence-corrected chi connectivity index (χ3v) is 2.01. The van der Waals surface area contributed by atoms with Crippen molar-refractivity contribution in [2.24, 2.45) is 0 Å². The van der Waals surface area contributed by atoms with Crippen LogP contribution in [0.2, 0.25) is 0 Å². The van der Waals surface area contributed by atoms with Gasteiger partial charge in [0.25, 0.3) is 0 Å². The highest BCUT2D eigenvalue weighted by Gasteiger charge is 2.21. The Hall–Kier alpha value is -1.98. The second-order valence-electron chi connectivity index (χ2n) is 4.83. The predicted octanol–water partition coefficient (Wildman–Crippen LogP) is 0.985. The van der Waals surface area contributed by atoms with Gasteiger partial charge in [0, 0.05) is 18.0 Å². The van der Waals surface area contributed by atoms with Gasteiger partial charge in [-0.2, -0.15) is 0 Å². The largest absolute Gasteiger partial charge is 0.550 e. The molecule has 1 N–H and O–H groups in total. The fourth-order valence-corrected chi connectivity index (χ4v) is 1.34. The average Bonchev–Trinajstić information content (AvgIpc) is 2.64. The van der Waals surface area contributed by atoms with E-state index < -0.39 is 23.7 Å². The second-order valence-corrected chi connectivity index (χ2v) is 4.83. The monoisotopic (exact) mass is 254 g/mol. The van der Waals surface area contributed by atoms with Crippen LogP contribution in [0.3, 0.4) is 0 Å². The number of nitrogens with one attached hydrogen (secondary N) is 1. The van der Waals surface area contributed by atoms with Crippen molar-refractivity contribution >= 4 is 12.1 Å². The van der Waals surface area contributed by atoms with E-state index in [1.807, 2.05) is 0 Å². The predicted molar refractivity (Wildman–Crippen MR) is 60.4 cm³/mol. The van der Waals surface area contributed by atoms with Gasteiger partial charge in [-0.1, -0.05) is 0 Å². The summed E-state index contributed by atoms with van der Waals surface area (Å²) < 4.78 is 9.91. The molecule has 0 aliphatic heterocycles. The van der Waals surface area contributed by atoms with E-state index in [1.54, 1.807) is 26.8 Å². The number of aliphatic carboxylic acids is 1. The first-order valence-electron chi connectivity index (χ1n) is 5.49. The van der Waals surface area contributed by atoms with Crippen LogP contribution in [-0.4, -0.2) is 17.7 Å². The van der Waals surface area contributed by atoms with Gasteiger partial charge >= 0.3 is 6.09 Å². The minimum atomic E-state index is -1.27. The van der Waals surface area contributed by atoms with Crippen LogP contribution < -0.4 is 10.4 Å². The molecule has 6 heteroatoms. The van der Waals surface area contributed by atoms with Crippen LogP contribution in [0.15, 0.2) is 23.0 Å². The highest BCUT2D eigenvalue weighted by atomic mass is 16.6. The lowest BCUT2D eigenvalue weighted by Crippen LogP contribution is -2.37. The zero-order valence-electron chi connectivity index (χ0n) is 10.6. The smallest absolute Gasteiger partial charge is 0.408 e. The normalized spacial score (nSPS) is 12.8. The van der Waals surface area contributed by atoms with E-state index in [9.17, 15) is 14.7 Å². The minimum Gasteiger partial charge on any atom is -0.550 e. The Morgan fingerprint density at radius 2 is 2.17 bits per heavy atom. The van der Waals surface area contributed by atoms with Gasteiger partial charge in [-0.3, -0.25) is 0 Å². The molecule has 0 aromatic carbocycles. The summed E-state index contributed by atoms with van der Waals surface area (Å²) in [6.45, 7) is 5.16. The zero-order chi connectivity index (χ0) is 13.8. The SMILES string of the molecule is CC(C)(C)OC(=O)N[C@@H](CC(=O)[O-])c1ccoc1. The fourth-order valence-electron chi connectivity index (χ4n) is 1.34. The lowest BCUT2D eigenvalue weighted by molar-refractivity contribution is -0.306. The summed E-state index contributed by atoms with van der Waals surface area (Å²) in [5.74, 6) is -1.27. The number of carboxylic acids is 1. The first-order chi connectivity index (χ1) is 8.28. The number of hydrogen-bond donors (Lipinski definition) is 1. The third kappa shape index (κ3) is 4.90. The van der Waals surface area contributed by atoms with E-state index in [0.29, 0.717) is 5.56 Å². The summed E-state index contributed by atoms with van der Waals surface area (Å²) >= 11 is 0. The maximum atomic E-state index is 11.6. The van der Waals surface area contributed by atoms with E-state index in [2.05, 4.69) is 5.32 Å². The number of amides is 1. The van der Waals surface area contributed by atoms with Crippen LogP contribution in [0.25, 0.3) is 0 Å². The Bertz CT molecular complexity index is 405. The number of rotatable bonds is 4. The van der Waals surface area contributed by atoms with Crippen molar-refractivity contribution < 1.29 is 23.8 Å². The number of furan rings is 1. The Kier molecular flexibility index (Phi) is 4.36. The topological polar surface area (TPSA) is 91.6 Å². The van der Waals surface area contributed by atoms with E-state index in [4.69, 9.17) is 9.15 Å². The number of carbonyl (C=O) groups is 2. The van der Waals surface area contributed by atoms with E-state index in [1.165, 1.54) is 12.5 Å². The molecule has 0 saturated carbocycles. The van der Waals surface area contributed by atoms with Crippen LogP contribution in [0.5, 0.6) is 0 Å². The van der Waals surface area contributed by atoms with E-state index in [0.717, 1.165) is 0 Å². The first-order valence-corrected chi connectivity index (χ1v) is 5.49. The molecule has 100 valence electrons. The minimum absolute atomic E-state index is 0.348. The summed E-state index contributed by atoms with van der Waals surface area (Å²) in [6.07, 6.45) is 1.73. The summed E-state index contributed by atoms with van der Waals surface area (Å²) in [6, 6.07) is 0.842. The maximum absolute atomic E-state index is 11.6. The zero-order valence-corrected chi connectivity index (χ0v) is 10.6. The molecule has 0 radical (unpaired) electrons. The third-order valence-electron chi connectivity index (χ3n) is 2.01. The second kappa shape index (κ2) is 5.57. The highest BCUT2D eigenvalue weighted by molar-refractivity contribution is 5.71. The van der Waals surface area contributed by atoms with E-state index in [-0.39, 0.29) is 6.42 Å². The molecule has 0 bridgehead atoms. The van der Waals surface area contributed by atoms with Crippen LogP contribution in [0.4, 0.5) is 4.79 Å². The molecule has 1 heterocycles. The summed E-state index contributed by atoms with van der Waals surface area (Å²) in [5.41, 5.74) is -0.1000. The Morgan fingerprint density at radius 1 is 1.50 bits per heavy atom. The van der Waals surface area contributed by atoms with Gasteiger partial charge in [0.05, 0.1) is 18.6 Å². The molecular weight excluding hydrogens is 238 g/mol. The number of ether oxygens (including phenoxy) is 1. The molecular formula is C12H16NO5-. The molecule has 1 amide bonds. The van der Waals surface area contributed by atoms with Gasteiger partial charge < -0.3 is 24.4 Å².